The number of nitrogens with zero attached hydrogens (tertiary/aromatic N) is 1. The van der Waals surface area contributed by atoms with E-state index in [-0.39, 0.29) is 11.3 Å². The fourth-order valence-electron chi connectivity index (χ4n) is 4.49. The van der Waals surface area contributed by atoms with Gasteiger partial charge in [-0.3, -0.25) is 4.79 Å². The van der Waals surface area contributed by atoms with Crippen LogP contribution in [0.1, 0.15) is 55.1 Å². The number of amides is 1. The van der Waals surface area contributed by atoms with E-state index in [4.69, 9.17) is 0 Å². The molecule has 3 heteroatoms. The van der Waals surface area contributed by atoms with E-state index in [1.807, 2.05) is 36.4 Å². The average Bonchev–Trinajstić information content (AvgIpc) is 2.80. The molecule has 0 bridgehead atoms. The molecule has 0 aromatic heterocycles. The van der Waals surface area contributed by atoms with Crippen molar-refractivity contribution in [2.75, 3.05) is 23.3 Å². The number of hydrogen-bond acceptors (Lipinski definition) is 2. The summed E-state index contributed by atoms with van der Waals surface area (Å²) in [7, 11) is 0. The number of piperidine rings is 1. The minimum atomic E-state index is -0.0703. The minimum Gasteiger partial charge on any atom is -0.371 e. The second kappa shape index (κ2) is 9.60. The third kappa shape index (κ3) is 5.59. The summed E-state index contributed by atoms with van der Waals surface area (Å²) in [5.74, 6) is 0.612. The summed E-state index contributed by atoms with van der Waals surface area (Å²) < 4.78 is 0. The van der Waals surface area contributed by atoms with Crippen molar-refractivity contribution in [1.82, 2.24) is 0 Å². The fourth-order valence-corrected chi connectivity index (χ4v) is 4.49. The Morgan fingerprint density at radius 3 is 2.28 bits per heavy atom. The van der Waals surface area contributed by atoms with Gasteiger partial charge in [0.1, 0.15) is 0 Å². The smallest absolute Gasteiger partial charge is 0.255 e. The van der Waals surface area contributed by atoms with Crippen molar-refractivity contribution in [3.63, 3.8) is 0 Å². The average molecular weight is 427 g/mol. The molecule has 1 heterocycles. The predicted molar refractivity (Wildman–Crippen MR) is 135 cm³/mol. The maximum Gasteiger partial charge on any atom is 0.255 e. The zero-order chi connectivity index (χ0) is 22.6. The van der Waals surface area contributed by atoms with E-state index in [0.29, 0.717) is 11.5 Å². The van der Waals surface area contributed by atoms with E-state index in [1.54, 1.807) is 0 Å². The maximum absolute atomic E-state index is 12.7. The Kier molecular flexibility index (Phi) is 6.64. The first kappa shape index (κ1) is 22.1. The second-order valence-corrected chi connectivity index (χ2v) is 9.97. The van der Waals surface area contributed by atoms with Gasteiger partial charge in [-0.15, -0.1) is 0 Å². The van der Waals surface area contributed by atoms with Gasteiger partial charge in [0.25, 0.3) is 5.91 Å². The van der Waals surface area contributed by atoms with E-state index in [0.717, 1.165) is 25.2 Å². The molecule has 4 rings (SSSR count). The Labute approximate surface area is 192 Å². The van der Waals surface area contributed by atoms with Crippen LogP contribution in [0.5, 0.6) is 0 Å². The first-order valence-electron chi connectivity index (χ1n) is 11.7. The lowest BCUT2D eigenvalue weighted by Crippen LogP contribution is -2.36. The van der Waals surface area contributed by atoms with Gasteiger partial charge < -0.3 is 10.2 Å². The van der Waals surface area contributed by atoms with E-state index < -0.39 is 0 Å². The van der Waals surface area contributed by atoms with Crippen LogP contribution in [-0.2, 0) is 11.8 Å². The normalized spacial score (nSPS) is 16.6. The van der Waals surface area contributed by atoms with Gasteiger partial charge in [-0.2, -0.15) is 0 Å². The van der Waals surface area contributed by atoms with Crippen LogP contribution in [-0.4, -0.2) is 19.0 Å². The number of hydrogen-bond donors (Lipinski definition) is 1. The van der Waals surface area contributed by atoms with Crippen molar-refractivity contribution in [2.45, 2.75) is 45.4 Å². The van der Waals surface area contributed by atoms with Gasteiger partial charge in [0.2, 0.25) is 0 Å². The molecular weight excluding hydrogens is 392 g/mol. The summed E-state index contributed by atoms with van der Waals surface area (Å²) in [4.78, 5) is 15.1. The third-order valence-electron chi connectivity index (χ3n) is 6.39. The first-order chi connectivity index (χ1) is 15.4. The van der Waals surface area contributed by atoms with Crippen LogP contribution in [0.4, 0.5) is 11.4 Å². The monoisotopic (exact) mass is 426 g/mol. The van der Waals surface area contributed by atoms with Crippen LogP contribution in [0.25, 0.3) is 0 Å². The molecule has 1 N–H and O–H groups in total. The molecule has 0 saturated carbocycles. The largest absolute Gasteiger partial charge is 0.371 e. The quantitative estimate of drug-likeness (QED) is 0.492. The van der Waals surface area contributed by atoms with Gasteiger partial charge in [0, 0.05) is 30.0 Å². The lowest BCUT2D eigenvalue weighted by atomic mass is 9.87. The highest BCUT2D eigenvalue weighted by Gasteiger charge is 2.20. The zero-order valence-corrected chi connectivity index (χ0v) is 19.5. The third-order valence-corrected chi connectivity index (χ3v) is 6.39. The van der Waals surface area contributed by atoms with Gasteiger partial charge >= 0.3 is 0 Å². The predicted octanol–water partition coefficient (Wildman–Crippen LogP) is 6.70. The summed E-state index contributed by atoms with van der Waals surface area (Å²) in [5.41, 5.74) is 5.48. The lowest BCUT2D eigenvalue weighted by molar-refractivity contribution is 0.102. The molecule has 0 radical (unpaired) electrons. The van der Waals surface area contributed by atoms with E-state index in [1.165, 1.54) is 29.7 Å². The molecule has 1 unspecified atom stereocenters. The van der Waals surface area contributed by atoms with Crippen molar-refractivity contribution in [3.05, 3.63) is 95.6 Å². The standard InChI is InChI=1S/C29H34N2O/c1-29(2,3)25-13-11-24(12-14-25)28(32)30-26-15-17-27(18-16-26)31-19-7-10-23(21-31)20-22-8-5-4-6-9-22/h4-6,8-9,11-18,23H,7,10,19-21H2,1-3H3,(H,30,32). The summed E-state index contributed by atoms with van der Waals surface area (Å²) >= 11 is 0. The van der Waals surface area contributed by atoms with Crippen molar-refractivity contribution < 1.29 is 4.79 Å². The number of nitrogens with one attached hydrogen (secondary N) is 1. The highest BCUT2D eigenvalue weighted by Crippen LogP contribution is 2.27. The SMILES string of the molecule is CC(C)(C)c1ccc(C(=O)Nc2ccc(N3CCCC(Cc4ccccc4)C3)cc2)cc1. The molecule has 1 aliphatic heterocycles. The van der Waals surface area contributed by atoms with Gasteiger partial charge in [-0.05, 0) is 78.1 Å². The number of benzene rings is 3. The van der Waals surface area contributed by atoms with Gasteiger partial charge in [0.05, 0.1) is 0 Å². The Bertz CT molecular complexity index is 1020. The van der Waals surface area contributed by atoms with Crippen LogP contribution in [0, 0.1) is 5.92 Å². The summed E-state index contributed by atoms with van der Waals surface area (Å²) in [6.07, 6.45) is 3.65. The van der Waals surface area contributed by atoms with Crippen LogP contribution < -0.4 is 10.2 Å². The van der Waals surface area contributed by atoms with Crippen LogP contribution in [0.15, 0.2) is 78.9 Å². The van der Waals surface area contributed by atoms with Crippen molar-refractivity contribution in [2.24, 2.45) is 5.92 Å². The van der Waals surface area contributed by atoms with E-state index in [9.17, 15) is 4.79 Å². The van der Waals surface area contributed by atoms with Crippen LogP contribution in [0.2, 0.25) is 0 Å². The van der Waals surface area contributed by atoms with E-state index in [2.05, 4.69) is 73.5 Å². The Morgan fingerprint density at radius 1 is 0.938 bits per heavy atom. The minimum absolute atomic E-state index is 0.0703. The Hall–Kier alpha value is -3.07. The molecule has 1 fully saturated rings. The molecule has 3 aromatic carbocycles. The van der Waals surface area contributed by atoms with Crippen LogP contribution in [0.3, 0.4) is 0 Å². The molecule has 166 valence electrons. The summed E-state index contributed by atoms with van der Waals surface area (Å²) in [6.45, 7) is 8.71. The second-order valence-electron chi connectivity index (χ2n) is 9.97. The Morgan fingerprint density at radius 2 is 1.62 bits per heavy atom. The number of carbonyl (C=O) groups excluding carboxylic acids is 1. The first-order valence-corrected chi connectivity index (χ1v) is 11.7. The number of rotatable bonds is 5. The van der Waals surface area contributed by atoms with Crippen molar-refractivity contribution in [1.29, 1.82) is 0 Å². The molecule has 1 atom stereocenters. The highest BCUT2D eigenvalue weighted by molar-refractivity contribution is 6.04. The van der Waals surface area contributed by atoms with Crippen molar-refractivity contribution in [3.8, 4) is 0 Å². The highest BCUT2D eigenvalue weighted by atomic mass is 16.1. The molecule has 32 heavy (non-hydrogen) atoms. The summed E-state index contributed by atoms with van der Waals surface area (Å²) in [5, 5.41) is 3.03. The molecular formula is C29H34N2O. The zero-order valence-electron chi connectivity index (χ0n) is 19.5. The molecule has 3 nitrogen and oxygen atoms in total. The number of carbonyl (C=O) groups is 1. The lowest BCUT2D eigenvalue weighted by Gasteiger charge is -2.34. The summed E-state index contributed by atoms with van der Waals surface area (Å²) in [6, 6.07) is 27.0. The molecule has 0 aliphatic carbocycles. The molecule has 1 aliphatic rings. The topological polar surface area (TPSA) is 32.3 Å². The van der Waals surface area contributed by atoms with E-state index >= 15 is 0 Å². The Balaban J connectivity index is 1.36. The van der Waals surface area contributed by atoms with Gasteiger partial charge in [-0.25, -0.2) is 0 Å². The maximum atomic E-state index is 12.7. The van der Waals surface area contributed by atoms with Crippen LogP contribution >= 0.6 is 0 Å². The molecule has 3 aromatic rings. The molecule has 1 amide bonds. The molecule has 1 saturated heterocycles. The fraction of sp³-hybridized carbons (Fsp3) is 0.345. The number of anilines is 2. The van der Waals surface area contributed by atoms with Gasteiger partial charge in [-0.1, -0.05) is 63.2 Å². The van der Waals surface area contributed by atoms with Crippen molar-refractivity contribution >= 4 is 17.3 Å². The molecule has 0 spiro atoms. The van der Waals surface area contributed by atoms with Gasteiger partial charge in [0.15, 0.2) is 0 Å².